The minimum absolute atomic E-state index is 0.327. The van der Waals surface area contributed by atoms with Crippen LogP contribution in [0.4, 0.5) is 0 Å². The molecule has 15 heavy (non-hydrogen) atoms. The van der Waals surface area contributed by atoms with Crippen molar-refractivity contribution in [2.45, 2.75) is 39.7 Å². The summed E-state index contributed by atoms with van der Waals surface area (Å²) >= 11 is 0. The average molecular weight is 210 g/mol. The number of aryl methyl sites for hydroxylation is 1. The van der Waals surface area contributed by atoms with Crippen LogP contribution in [-0.2, 0) is 10.3 Å². The van der Waals surface area contributed by atoms with Gasteiger partial charge in [0.15, 0.2) is 0 Å². The molecule has 0 aliphatic heterocycles. The van der Waals surface area contributed by atoms with E-state index in [9.17, 15) is 9.90 Å². The quantitative estimate of drug-likeness (QED) is 0.827. The van der Waals surface area contributed by atoms with Gasteiger partial charge in [0.2, 0.25) is 0 Å². The molecular formula is C11H18N2O2. The maximum absolute atomic E-state index is 11.4. The van der Waals surface area contributed by atoms with Gasteiger partial charge < -0.3 is 9.67 Å². The standard InChI is InChI=1S/C11H18N2O2/c1-8(2)7-11(4,10(14)15)13-6-5-12-9(13)3/h5-6,8H,7H2,1-4H3,(H,14,15). The van der Waals surface area contributed by atoms with E-state index in [-0.39, 0.29) is 0 Å². The molecule has 1 unspecified atom stereocenters. The number of hydrogen-bond donors (Lipinski definition) is 1. The Labute approximate surface area is 89.9 Å². The third kappa shape index (κ3) is 2.19. The van der Waals surface area contributed by atoms with Crippen LogP contribution in [0.25, 0.3) is 0 Å². The Balaban J connectivity index is 3.12. The molecule has 0 saturated carbocycles. The fourth-order valence-corrected chi connectivity index (χ4v) is 1.98. The second kappa shape index (κ2) is 4.04. The first kappa shape index (κ1) is 11.8. The van der Waals surface area contributed by atoms with E-state index in [4.69, 9.17) is 0 Å². The van der Waals surface area contributed by atoms with Crippen LogP contribution in [0.3, 0.4) is 0 Å². The van der Waals surface area contributed by atoms with Crippen LogP contribution < -0.4 is 0 Å². The van der Waals surface area contributed by atoms with E-state index in [1.165, 1.54) is 0 Å². The fraction of sp³-hybridized carbons (Fsp3) is 0.636. The Morgan fingerprint density at radius 2 is 2.27 bits per heavy atom. The lowest BCUT2D eigenvalue weighted by molar-refractivity contribution is -0.147. The number of aromatic nitrogens is 2. The number of carboxylic acids is 1. The van der Waals surface area contributed by atoms with E-state index < -0.39 is 11.5 Å². The van der Waals surface area contributed by atoms with Crippen LogP contribution in [0.2, 0.25) is 0 Å². The summed E-state index contributed by atoms with van der Waals surface area (Å²) in [5.74, 6) is 0.255. The highest BCUT2D eigenvalue weighted by Crippen LogP contribution is 2.26. The van der Waals surface area contributed by atoms with E-state index in [1.54, 1.807) is 23.9 Å². The van der Waals surface area contributed by atoms with Gasteiger partial charge in [-0.2, -0.15) is 0 Å². The zero-order valence-corrected chi connectivity index (χ0v) is 9.69. The Morgan fingerprint density at radius 1 is 1.67 bits per heavy atom. The van der Waals surface area contributed by atoms with Crippen molar-refractivity contribution in [2.75, 3.05) is 0 Å². The van der Waals surface area contributed by atoms with E-state index in [0.29, 0.717) is 12.3 Å². The van der Waals surface area contributed by atoms with Gasteiger partial charge in [-0.25, -0.2) is 9.78 Å². The van der Waals surface area contributed by atoms with Gasteiger partial charge >= 0.3 is 5.97 Å². The SMILES string of the molecule is Cc1nccn1C(C)(CC(C)C)C(=O)O. The van der Waals surface area contributed by atoms with Crippen molar-refractivity contribution in [1.82, 2.24) is 9.55 Å². The van der Waals surface area contributed by atoms with Gasteiger partial charge in [-0.15, -0.1) is 0 Å². The number of rotatable bonds is 4. The summed E-state index contributed by atoms with van der Waals surface area (Å²) in [5.41, 5.74) is -0.894. The van der Waals surface area contributed by atoms with Crippen LogP contribution in [-0.4, -0.2) is 20.6 Å². The van der Waals surface area contributed by atoms with Crippen molar-refractivity contribution >= 4 is 5.97 Å². The van der Waals surface area contributed by atoms with Crippen molar-refractivity contribution in [1.29, 1.82) is 0 Å². The Hall–Kier alpha value is -1.32. The first-order valence-corrected chi connectivity index (χ1v) is 5.11. The van der Waals surface area contributed by atoms with Crippen molar-refractivity contribution in [3.05, 3.63) is 18.2 Å². The minimum Gasteiger partial charge on any atom is -0.479 e. The second-order valence-electron chi connectivity index (χ2n) is 4.52. The van der Waals surface area contributed by atoms with Gasteiger partial charge in [0.1, 0.15) is 11.4 Å². The van der Waals surface area contributed by atoms with Gasteiger partial charge in [0.05, 0.1) is 0 Å². The van der Waals surface area contributed by atoms with Gasteiger partial charge in [-0.05, 0) is 26.2 Å². The van der Waals surface area contributed by atoms with Crippen LogP contribution in [0, 0.1) is 12.8 Å². The molecule has 1 N–H and O–H groups in total. The summed E-state index contributed by atoms with van der Waals surface area (Å²) < 4.78 is 1.73. The summed E-state index contributed by atoms with van der Waals surface area (Å²) in [6.07, 6.45) is 3.96. The normalized spacial score (nSPS) is 15.3. The number of carboxylic acid groups (broad SMARTS) is 1. The first-order chi connectivity index (χ1) is 6.88. The lowest BCUT2D eigenvalue weighted by atomic mass is 9.90. The molecule has 0 saturated heterocycles. The van der Waals surface area contributed by atoms with E-state index in [1.807, 2.05) is 20.8 Å². The van der Waals surface area contributed by atoms with Gasteiger partial charge in [0, 0.05) is 12.4 Å². The zero-order chi connectivity index (χ0) is 11.6. The van der Waals surface area contributed by atoms with Gasteiger partial charge in [-0.1, -0.05) is 13.8 Å². The smallest absolute Gasteiger partial charge is 0.329 e. The Bertz CT molecular complexity index is 357. The second-order valence-corrected chi connectivity index (χ2v) is 4.52. The highest BCUT2D eigenvalue weighted by atomic mass is 16.4. The van der Waals surface area contributed by atoms with Crippen LogP contribution in [0.1, 0.15) is 33.0 Å². The maximum atomic E-state index is 11.4. The molecule has 1 rings (SSSR count). The third-order valence-electron chi connectivity index (χ3n) is 2.62. The summed E-state index contributed by atoms with van der Waals surface area (Å²) in [5, 5.41) is 9.33. The molecule has 0 bridgehead atoms. The largest absolute Gasteiger partial charge is 0.479 e. The molecule has 0 spiro atoms. The molecule has 0 aromatic carbocycles. The predicted molar refractivity (Wildman–Crippen MR) is 57.7 cm³/mol. The van der Waals surface area contributed by atoms with E-state index in [0.717, 1.165) is 5.82 Å². The number of aliphatic carboxylic acids is 1. The van der Waals surface area contributed by atoms with Crippen molar-refractivity contribution in [2.24, 2.45) is 5.92 Å². The molecular weight excluding hydrogens is 192 g/mol. The molecule has 0 fully saturated rings. The third-order valence-corrected chi connectivity index (χ3v) is 2.62. The van der Waals surface area contributed by atoms with Gasteiger partial charge in [0.25, 0.3) is 0 Å². The lowest BCUT2D eigenvalue weighted by Crippen LogP contribution is -2.40. The molecule has 0 aliphatic rings. The molecule has 0 aliphatic carbocycles. The van der Waals surface area contributed by atoms with Crippen molar-refractivity contribution < 1.29 is 9.90 Å². The molecule has 1 atom stereocenters. The lowest BCUT2D eigenvalue weighted by Gasteiger charge is -2.29. The van der Waals surface area contributed by atoms with E-state index >= 15 is 0 Å². The monoisotopic (exact) mass is 210 g/mol. The molecule has 1 aromatic heterocycles. The Morgan fingerprint density at radius 3 is 2.60 bits per heavy atom. The number of hydrogen-bond acceptors (Lipinski definition) is 2. The van der Waals surface area contributed by atoms with Crippen LogP contribution in [0.5, 0.6) is 0 Å². The molecule has 1 aromatic rings. The summed E-state index contributed by atoms with van der Waals surface area (Å²) in [6, 6.07) is 0. The Kier molecular flexibility index (Phi) is 3.17. The van der Waals surface area contributed by atoms with Gasteiger partial charge in [-0.3, -0.25) is 0 Å². The molecule has 4 heteroatoms. The first-order valence-electron chi connectivity index (χ1n) is 5.11. The predicted octanol–water partition coefficient (Wildman–Crippen LogP) is 2.04. The summed E-state index contributed by atoms with van der Waals surface area (Å²) in [6.45, 7) is 7.60. The molecule has 0 radical (unpaired) electrons. The molecule has 4 nitrogen and oxygen atoms in total. The molecule has 0 amide bonds. The number of carbonyl (C=O) groups is 1. The van der Waals surface area contributed by atoms with Crippen molar-refractivity contribution in [3.63, 3.8) is 0 Å². The summed E-state index contributed by atoms with van der Waals surface area (Å²) in [4.78, 5) is 15.4. The van der Waals surface area contributed by atoms with Crippen molar-refractivity contribution in [3.8, 4) is 0 Å². The number of nitrogens with zero attached hydrogens (tertiary/aromatic N) is 2. The van der Waals surface area contributed by atoms with Crippen LogP contribution >= 0.6 is 0 Å². The maximum Gasteiger partial charge on any atom is 0.329 e. The average Bonchev–Trinajstić information content (AvgIpc) is 2.49. The minimum atomic E-state index is -0.894. The molecule has 84 valence electrons. The number of imidazole rings is 1. The summed E-state index contributed by atoms with van der Waals surface area (Å²) in [7, 11) is 0. The highest BCUT2D eigenvalue weighted by molar-refractivity contribution is 5.76. The van der Waals surface area contributed by atoms with Crippen LogP contribution in [0.15, 0.2) is 12.4 Å². The molecule has 1 heterocycles. The highest BCUT2D eigenvalue weighted by Gasteiger charge is 2.36. The topological polar surface area (TPSA) is 55.1 Å². The zero-order valence-electron chi connectivity index (χ0n) is 9.69. The fourth-order valence-electron chi connectivity index (χ4n) is 1.98. The van der Waals surface area contributed by atoms with E-state index in [2.05, 4.69) is 4.98 Å².